The summed E-state index contributed by atoms with van der Waals surface area (Å²) in [6, 6.07) is 9.02. The van der Waals surface area contributed by atoms with E-state index in [9.17, 15) is 9.59 Å². The van der Waals surface area contributed by atoms with Gasteiger partial charge >= 0.3 is 0 Å². The van der Waals surface area contributed by atoms with Crippen molar-refractivity contribution in [1.29, 1.82) is 0 Å². The van der Waals surface area contributed by atoms with E-state index in [2.05, 4.69) is 10.6 Å². The molecule has 0 radical (unpaired) electrons. The fourth-order valence-corrected chi connectivity index (χ4v) is 2.79. The third-order valence-electron chi connectivity index (χ3n) is 4.00. The first kappa shape index (κ1) is 18.5. The molecule has 2 atom stereocenters. The van der Waals surface area contributed by atoms with Gasteiger partial charge in [0.1, 0.15) is 0 Å². The first-order valence-corrected chi connectivity index (χ1v) is 7.53. The highest BCUT2D eigenvalue weighted by Gasteiger charge is 2.25. The van der Waals surface area contributed by atoms with Gasteiger partial charge in [-0.15, -0.1) is 12.4 Å². The number of carbonyl (C=O) groups is 2. The molecule has 1 aromatic carbocycles. The molecule has 1 aliphatic rings. The summed E-state index contributed by atoms with van der Waals surface area (Å²) in [4.78, 5) is 23.8. The van der Waals surface area contributed by atoms with Crippen molar-refractivity contribution in [2.75, 3.05) is 13.1 Å². The Bertz CT molecular complexity index is 482. The van der Waals surface area contributed by atoms with Crippen molar-refractivity contribution < 1.29 is 9.59 Å². The van der Waals surface area contributed by atoms with Gasteiger partial charge in [0.15, 0.2) is 0 Å². The average Bonchev–Trinajstić information content (AvgIpc) is 2.54. The van der Waals surface area contributed by atoms with Crippen LogP contribution in [0.1, 0.15) is 36.0 Å². The Balaban J connectivity index is 0.00000242. The molecule has 0 aliphatic heterocycles. The van der Waals surface area contributed by atoms with Gasteiger partial charge in [-0.05, 0) is 37.4 Å². The van der Waals surface area contributed by atoms with E-state index >= 15 is 0 Å². The number of carbonyl (C=O) groups excluding carboxylic acids is 2. The third-order valence-corrected chi connectivity index (χ3v) is 4.00. The van der Waals surface area contributed by atoms with E-state index in [1.165, 1.54) is 6.42 Å². The van der Waals surface area contributed by atoms with E-state index in [0.29, 0.717) is 18.0 Å². The van der Waals surface area contributed by atoms with Crippen molar-refractivity contribution in [3.05, 3.63) is 35.9 Å². The van der Waals surface area contributed by atoms with E-state index in [4.69, 9.17) is 5.73 Å². The molecule has 0 heterocycles. The molecule has 1 saturated carbocycles. The van der Waals surface area contributed by atoms with E-state index < -0.39 is 0 Å². The second-order valence-electron chi connectivity index (χ2n) is 5.50. The molecular formula is C16H24ClN3O2. The Kier molecular flexibility index (Phi) is 7.91. The zero-order valence-corrected chi connectivity index (χ0v) is 13.4. The highest BCUT2D eigenvalue weighted by Crippen LogP contribution is 2.23. The Hall–Kier alpha value is -1.59. The molecule has 0 aromatic heterocycles. The molecule has 1 fully saturated rings. The topological polar surface area (TPSA) is 84.2 Å². The number of hydrogen-bond donors (Lipinski definition) is 3. The number of nitrogens with one attached hydrogen (secondary N) is 2. The summed E-state index contributed by atoms with van der Waals surface area (Å²) >= 11 is 0. The van der Waals surface area contributed by atoms with E-state index in [1.54, 1.807) is 24.3 Å². The molecule has 0 saturated heterocycles. The highest BCUT2D eigenvalue weighted by atomic mass is 35.5. The summed E-state index contributed by atoms with van der Waals surface area (Å²) in [5.74, 6) is -0.0260. The molecule has 5 nitrogen and oxygen atoms in total. The number of halogens is 1. The van der Waals surface area contributed by atoms with Gasteiger partial charge in [0.05, 0.1) is 6.54 Å². The summed E-state index contributed by atoms with van der Waals surface area (Å²) in [7, 11) is 0. The minimum atomic E-state index is -0.232. The fourth-order valence-electron chi connectivity index (χ4n) is 2.79. The molecular weight excluding hydrogens is 302 g/mol. The van der Waals surface area contributed by atoms with Crippen molar-refractivity contribution in [2.24, 2.45) is 11.7 Å². The van der Waals surface area contributed by atoms with Crippen molar-refractivity contribution in [1.82, 2.24) is 10.6 Å². The molecule has 2 amide bonds. The number of rotatable bonds is 5. The first-order valence-electron chi connectivity index (χ1n) is 7.53. The van der Waals surface area contributed by atoms with Crippen LogP contribution in [0, 0.1) is 5.92 Å². The molecule has 0 bridgehead atoms. The second kappa shape index (κ2) is 9.43. The normalized spacial score (nSPS) is 20.6. The molecule has 4 N–H and O–H groups in total. The van der Waals surface area contributed by atoms with Gasteiger partial charge in [-0.1, -0.05) is 31.0 Å². The third kappa shape index (κ3) is 5.31. The molecule has 22 heavy (non-hydrogen) atoms. The Morgan fingerprint density at radius 1 is 1.14 bits per heavy atom. The van der Waals surface area contributed by atoms with Gasteiger partial charge in [-0.2, -0.15) is 0 Å². The van der Waals surface area contributed by atoms with E-state index in [-0.39, 0.29) is 36.8 Å². The molecule has 2 rings (SSSR count). The summed E-state index contributed by atoms with van der Waals surface area (Å²) in [5.41, 5.74) is 6.30. The lowest BCUT2D eigenvalue weighted by Crippen LogP contribution is -2.48. The summed E-state index contributed by atoms with van der Waals surface area (Å²) in [6.07, 6.45) is 4.34. The van der Waals surface area contributed by atoms with Gasteiger partial charge < -0.3 is 16.4 Å². The maximum atomic E-state index is 11.9. The van der Waals surface area contributed by atoms with Crippen LogP contribution in [0.5, 0.6) is 0 Å². The maximum absolute atomic E-state index is 11.9. The first-order chi connectivity index (χ1) is 10.2. The lowest BCUT2D eigenvalue weighted by molar-refractivity contribution is -0.121. The summed E-state index contributed by atoms with van der Waals surface area (Å²) in [6.45, 7) is 0.600. The SMILES string of the molecule is Cl.NCC1CCCCC1NC(=O)CNC(=O)c1ccccc1. The van der Waals surface area contributed by atoms with E-state index in [0.717, 1.165) is 19.3 Å². The zero-order valence-electron chi connectivity index (χ0n) is 12.6. The smallest absolute Gasteiger partial charge is 0.251 e. The van der Waals surface area contributed by atoms with E-state index in [1.807, 2.05) is 6.07 Å². The lowest BCUT2D eigenvalue weighted by Gasteiger charge is -2.31. The number of amides is 2. The predicted molar refractivity (Wildman–Crippen MR) is 89.0 cm³/mol. The fraction of sp³-hybridized carbons (Fsp3) is 0.500. The van der Waals surface area contributed by atoms with Crippen molar-refractivity contribution >= 4 is 24.2 Å². The van der Waals surface area contributed by atoms with Crippen molar-refractivity contribution in [3.8, 4) is 0 Å². The van der Waals surface area contributed by atoms with Crippen molar-refractivity contribution in [3.63, 3.8) is 0 Å². The zero-order chi connectivity index (χ0) is 15.1. The van der Waals surface area contributed by atoms with Crippen LogP contribution in [0.25, 0.3) is 0 Å². The Morgan fingerprint density at radius 2 is 1.82 bits per heavy atom. The minimum Gasteiger partial charge on any atom is -0.352 e. The Morgan fingerprint density at radius 3 is 2.50 bits per heavy atom. The van der Waals surface area contributed by atoms with Gasteiger partial charge in [0.25, 0.3) is 5.91 Å². The Labute approximate surface area is 137 Å². The van der Waals surface area contributed by atoms with Gasteiger partial charge in [0, 0.05) is 11.6 Å². The molecule has 1 aliphatic carbocycles. The number of hydrogen-bond acceptors (Lipinski definition) is 3. The summed E-state index contributed by atoms with van der Waals surface area (Å²) in [5, 5.41) is 5.63. The maximum Gasteiger partial charge on any atom is 0.251 e. The van der Waals surface area contributed by atoms with Crippen molar-refractivity contribution in [2.45, 2.75) is 31.7 Å². The van der Waals surface area contributed by atoms with Gasteiger partial charge in [-0.3, -0.25) is 9.59 Å². The largest absolute Gasteiger partial charge is 0.352 e. The molecule has 6 heteroatoms. The number of nitrogens with two attached hydrogens (primary N) is 1. The molecule has 2 unspecified atom stereocenters. The van der Waals surface area contributed by atoms with Crippen LogP contribution in [0.3, 0.4) is 0 Å². The number of benzene rings is 1. The van der Waals surface area contributed by atoms with Crippen LogP contribution >= 0.6 is 12.4 Å². The lowest BCUT2D eigenvalue weighted by atomic mass is 9.84. The molecule has 1 aromatic rings. The standard InChI is InChI=1S/C16H23N3O2.ClH/c17-10-13-8-4-5-9-14(13)19-15(20)11-18-16(21)12-6-2-1-3-7-12;/h1-3,6-7,13-14H,4-5,8-11,17H2,(H,18,21)(H,19,20);1H. The van der Waals surface area contributed by atoms with Gasteiger partial charge in [0.2, 0.25) is 5.91 Å². The van der Waals surface area contributed by atoms with Crippen LogP contribution in [0.2, 0.25) is 0 Å². The predicted octanol–water partition coefficient (Wildman–Crippen LogP) is 1.47. The van der Waals surface area contributed by atoms with Crippen LogP contribution < -0.4 is 16.4 Å². The quantitative estimate of drug-likeness (QED) is 0.766. The molecule has 0 spiro atoms. The van der Waals surface area contributed by atoms with Gasteiger partial charge in [-0.25, -0.2) is 0 Å². The van der Waals surface area contributed by atoms with Crippen LogP contribution in [-0.4, -0.2) is 30.9 Å². The minimum absolute atomic E-state index is 0. The summed E-state index contributed by atoms with van der Waals surface area (Å²) < 4.78 is 0. The van der Waals surface area contributed by atoms with Crippen LogP contribution in [0.4, 0.5) is 0 Å². The second-order valence-corrected chi connectivity index (χ2v) is 5.50. The monoisotopic (exact) mass is 325 g/mol. The average molecular weight is 326 g/mol. The highest BCUT2D eigenvalue weighted by molar-refractivity contribution is 5.96. The van der Waals surface area contributed by atoms with Crippen LogP contribution in [-0.2, 0) is 4.79 Å². The molecule has 122 valence electrons. The van der Waals surface area contributed by atoms with Crippen LogP contribution in [0.15, 0.2) is 30.3 Å².